The smallest absolute Gasteiger partial charge is 0.151 e. The van der Waals surface area contributed by atoms with E-state index in [9.17, 15) is 8.78 Å². The number of hydrogen-bond donors (Lipinski definition) is 1. The molecule has 1 aromatic rings. The van der Waals surface area contributed by atoms with E-state index >= 15 is 0 Å². The summed E-state index contributed by atoms with van der Waals surface area (Å²) in [4.78, 5) is 0. The lowest BCUT2D eigenvalue weighted by molar-refractivity contribution is 0.0933. The van der Waals surface area contributed by atoms with Crippen LogP contribution in [0.3, 0.4) is 0 Å². The quantitative estimate of drug-likeness (QED) is 0.725. The summed E-state index contributed by atoms with van der Waals surface area (Å²) in [5.74, 6) is -0.406. The van der Waals surface area contributed by atoms with E-state index in [4.69, 9.17) is 5.11 Å². The third-order valence-electron chi connectivity index (χ3n) is 1.61. The van der Waals surface area contributed by atoms with Gasteiger partial charge in [-0.3, -0.25) is 0 Å². The van der Waals surface area contributed by atoms with Gasteiger partial charge in [0.25, 0.3) is 0 Å². The first-order valence-corrected chi connectivity index (χ1v) is 3.69. The summed E-state index contributed by atoms with van der Waals surface area (Å²) in [6, 6.07) is 4.99. The van der Waals surface area contributed by atoms with Crippen molar-refractivity contribution in [3.8, 4) is 0 Å². The zero-order valence-electron chi connectivity index (χ0n) is 6.67. The number of aliphatic hydroxyl groups excluding tert-OH is 1. The molecule has 1 rings (SSSR count). The number of alkyl halides is 1. The molecule has 0 aliphatic rings. The van der Waals surface area contributed by atoms with Gasteiger partial charge in [0, 0.05) is 0 Å². The van der Waals surface area contributed by atoms with Gasteiger partial charge in [-0.05, 0) is 24.6 Å². The van der Waals surface area contributed by atoms with Crippen LogP contribution in [0.1, 0.15) is 18.7 Å². The molecule has 0 heterocycles. The molecule has 0 fully saturated rings. The number of rotatable bonds is 2. The van der Waals surface area contributed by atoms with Gasteiger partial charge in [0.05, 0.1) is 6.10 Å². The predicted octanol–water partition coefficient (Wildman–Crippen LogP) is 2.22. The molecule has 0 aliphatic carbocycles. The molecule has 0 aliphatic heterocycles. The maximum atomic E-state index is 13.0. The van der Waals surface area contributed by atoms with Gasteiger partial charge in [-0.15, -0.1) is 0 Å². The summed E-state index contributed by atoms with van der Waals surface area (Å²) in [6.45, 7) is 1.36. The lowest BCUT2D eigenvalue weighted by atomic mass is 10.1. The fourth-order valence-electron chi connectivity index (χ4n) is 0.925. The maximum absolute atomic E-state index is 13.0. The molecule has 0 spiro atoms. The van der Waals surface area contributed by atoms with Crippen molar-refractivity contribution in [2.24, 2.45) is 0 Å². The first-order chi connectivity index (χ1) is 5.61. The Labute approximate surface area is 69.7 Å². The maximum Gasteiger partial charge on any atom is 0.151 e. The summed E-state index contributed by atoms with van der Waals surface area (Å²) >= 11 is 0. The average molecular weight is 172 g/mol. The van der Waals surface area contributed by atoms with E-state index in [-0.39, 0.29) is 0 Å². The van der Waals surface area contributed by atoms with Crippen LogP contribution in [-0.4, -0.2) is 11.2 Å². The van der Waals surface area contributed by atoms with Gasteiger partial charge < -0.3 is 5.11 Å². The molecule has 0 radical (unpaired) electrons. The van der Waals surface area contributed by atoms with Crippen molar-refractivity contribution in [2.75, 3.05) is 0 Å². The molecule has 0 unspecified atom stereocenters. The Hall–Kier alpha value is -0.960. The minimum atomic E-state index is -1.44. The van der Waals surface area contributed by atoms with Gasteiger partial charge >= 0.3 is 0 Å². The molecular formula is C9H10F2O. The third-order valence-corrected chi connectivity index (χ3v) is 1.61. The molecule has 0 saturated heterocycles. The molecule has 12 heavy (non-hydrogen) atoms. The number of hydrogen-bond acceptors (Lipinski definition) is 1. The second-order valence-corrected chi connectivity index (χ2v) is 2.69. The van der Waals surface area contributed by atoms with Crippen LogP contribution in [0.2, 0.25) is 0 Å². The predicted molar refractivity (Wildman–Crippen MR) is 41.9 cm³/mol. The highest BCUT2D eigenvalue weighted by Gasteiger charge is 2.15. The second kappa shape index (κ2) is 3.63. The van der Waals surface area contributed by atoms with Gasteiger partial charge in [0.2, 0.25) is 0 Å². The number of halogens is 2. The van der Waals surface area contributed by atoms with Crippen molar-refractivity contribution in [2.45, 2.75) is 19.2 Å². The van der Waals surface area contributed by atoms with Crippen molar-refractivity contribution >= 4 is 0 Å². The van der Waals surface area contributed by atoms with Crippen LogP contribution in [-0.2, 0) is 0 Å². The van der Waals surface area contributed by atoms with Crippen LogP contribution in [0.25, 0.3) is 0 Å². The zero-order chi connectivity index (χ0) is 9.14. The summed E-state index contributed by atoms with van der Waals surface area (Å²) in [5, 5.41) is 8.87. The monoisotopic (exact) mass is 172 g/mol. The average Bonchev–Trinajstić information content (AvgIpc) is 2.04. The van der Waals surface area contributed by atoms with E-state index in [1.165, 1.54) is 31.2 Å². The third kappa shape index (κ3) is 2.01. The highest BCUT2D eigenvalue weighted by Crippen LogP contribution is 2.20. The first-order valence-electron chi connectivity index (χ1n) is 3.69. The van der Waals surface area contributed by atoms with Crippen molar-refractivity contribution in [3.63, 3.8) is 0 Å². The molecule has 2 atom stereocenters. The van der Waals surface area contributed by atoms with Crippen LogP contribution in [0.4, 0.5) is 8.78 Å². The standard InChI is InChI=1S/C9H10F2O/c1-6(12)9(11)7-2-4-8(10)5-3-7/h2-6,9,12H,1H3/t6-,9+/m0/s1. The largest absolute Gasteiger partial charge is 0.390 e. The molecule has 0 bridgehead atoms. The van der Waals surface area contributed by atoms with Crippen molar-refractivity contribution in [1.82, 2.24) is 0 Å². The lowest BCUT2D eigenvalue weighted by Gasteiger charge is -2.10. The lowest BCUT2D eigenvalue weighted by Crippen LogP contribution is -2.09. The molecule has 1 aromatic carbocycles. The Bertz CT molecular complexity index is 243. The number of aliphatic hydroxyl groups is 1. The molecule has 1 N–H and O–H groups in total. The zero-order valence-corrected chi connectivity index (χ0v) is 6.67. The highest BCUT2D eigenvalue weighted by molar-refractivity contribution is 5.19. The fraction of sp³-hybridized carbons (Fsp3) is 0.333. The van der Waals surface area contributed by atoms with Gasteiger partial charge in [0.15, 0.2) is 6.17 Å². The van der Waals surface area contributed by atoms with E-state index in [0.29, 0.717) is 5.56 Å². The Morgan fingerprint density at radius 2 is 1.75 bits per heavy atom. The second-order valence-electron chi connectivity index (χ2n) is 2.69. The topological polar surface area (TPSA) is 20.2 Å². The van der Waals surface area contributed by atoms with Crippen LogP contribution in [0.5, 0.6) is 0 Å². The summed E-state index contributed by atoms with van der Waals surface area (Å²) in [6.07, 6.45) is -2.50. The van der Waals surface area contributed by atoms with Crippen LogP contribution in [0.15, 0.2) is 24.3 Å². The fourth-order valence-corrected chi connectivity index (χ4v) is 0.925. The van der Waals surface area contributed by atoms with Crippen molar-refractivity contribution in [3.05, 3.63) is 35.6 Å². The Morgan fingerprint density at radius 1 is 1.25 bits per heavy atom. The van der Waals surface area contributed by atoms with Crippen LogP contribution < -0.4 is 0 Å². The summed E-state index contributed by atoms with van der Waals surface area (Å²) in [7, 11) is 0. The van der Waals surface area contributed by atoms with E-state index in [0.717, 1.165) is 0 Å². The molecule has 1 nitrogen and oxygen atoms in total. The van der Waals surface area contributed by atoms with Crippen molar-refractivity contribution < 1.29 is 13.9 Å². The van der Waals surface area contributed by atoms with Crippen LogP contribution >= 0.6 is 0 Å². The minimum absolute atomic E-state index is 0.298. The SMILES string of the molecule is C[C@H](O)[C@@H](F)c1ccc(F)cc1. The Morgan fingerprint density at radius 3 is 2.17 bits per heavy atom. The van der Waals surface area contributed by atoms with Crippen molar-refractivity contribution in [1.29, 1.82) is 0 Å². The van der Waals surface area contributed by atoms with Crippen LogP contribution in [0, 0.1) is 5.82 Å². The first kappa shape index (κ1) is 9.13. The molecular weight excluding hydrogens is 162 g/mol. The molecule has 0 aromatic heterocycles. The minimum Gasteiger partial charge on any atom is -0.390 e. The van der Waals surface area contributed by atoms with E-state index < -0.39 is 18.1 Å². The Balaban J connectivity index is 2.82. The molecule has 3 heteroatoms. The van der Waals surface area contributed by atoms with Gasteiger partial charge in [0.1, 0.15) is 5.82 Å². The van der Waals surface area contributed by atoms with E-state index in [1.807, 2.05) is 0 Å². The van der Waals surface area contributed by atoms with Gasteiger partial charge in [-0.25, -0.2) is 8.78 Å². The molecule has 0 saturated carbocycles. The normalized spacial score (nSPS) is 15.7. The van der Waals surface area contributed by atoms with E-state index in [2.05, 4.69) is 0 Å². The highest BCUT2D eigenvalue weighted by atomic mass is 19.1. The summed E-state index contributed by atoms with van der Waals surface area (Å²) in [5.41, 5.74) is 0.298. The number of benzene rings is 1. The Kier molecular flexibility index (Phi) is 2.76. The van der Waals surface area contributed by atoms with Gasteiger partial charge in [-0.2, -0.15) is 0 Å². The molecule has 66 valence electrons. The van der Waals surface area contributed by atoms with Gasteiger partial charge in [-0.1, -0.05) is 12.1 Å². The summed E-state index contributed by atoms with van der Waals surface area (Å²) < 4.78 is 25.4. The molecule has 0 amide bonds. The van der Waals surface area contributed by atoms with E-state index in [1.54, 1.807) is 0 Å².